The molecule has 2 unspecified atom stereocenters. The van der Waals surface area contributed by atoms with Crippen LogP contribution >= 0.6 is 0 Å². The molecule has 0 rings (SSSR count). The zero-order chi connectivity index (χ0) is 12.1. The summed E-state index contributed by atoms with van der Waals surface area (Å²) in [6.45, 7) is 12.4. The molecular weight excluding hydrogens is 190 g/mol. The van der Waals surface area contributed by atoms with E-state index in [0.717, 1.165) is 6.42 Å². The number of nitrogens with one attached hydrogen (secondary N) is 1. The van der Waals surface area contributed by atoms with Crippen LogP contribution in [-0.4, -0.2) is 24.2 Å². The fraction of sp³-hybridized carbons (Fsp3) is 0.917. The van der Waals surface area contributed by atoms with Crippen molar-refractivity contribution < 1.29 is 9.53 Å². The van der Waals surface area contributed by atoms with Crippen molar-refractivity contribution in [3.05, 3.63) is 0 Å². The summed E-state index contributed by atoms with van der Waals surface area (Å²) < 4.78 is 5.11. The third kappa shape index (κ3) is 3.82. The van der Waals surface area contributed by atoms with Crippen LogP contribution in [0.1, 0.15) is 48.0 Å². The topological polar surface area (TPSA) is 38.3 Å². The van der Waals surface area contributed by atoms with Crippen molar-refractivity contribution in [2.24, 2.45) is 5.92 Å². The van der Waals surface area contributed by atoms with Crippen molar-refractivity contribution in [1.29, 1.82) is 0 Å². The highest BCUT2D eigenvalue weighted by Crippen LogP contribution is 2.19. The highest BCUT2D eigenvalue weighted by atomic mass is 16.5. The van der Waals surface area contributed by atoms with E-state index in [0.29, 0.717) is 12.6 Å². The van der Waals surface area contributed by atoms with Crippen molar-refractivity contribution in [2.75, 3.05) is 6.61 Å². The van der Waals surface area contributed by atoms with E-state index < -0.39 is 5.54 Å². The number of rotatable bonds is 6. The Bertz CT molecular complexity index is 204. The van der Waals surface area contributed by atoms with Crippen molar-refractivity contribution >= 4 is 5.97 Å². The summed E-state index contributed by atoms with van der Waals surface area (Å²) in [5, 5.41) is 3.35. The van der Waals surface area contributed by atoms with Crippen molar-refractivity contribution in [3.63, 3.8) is 0 Å². The van der Waals surface area contributed by atoms with Gasteiger partial charge in [0.15, 0.2) is 0 Å². The van der Waals surface area contributed by atoms with Gasteiger partial charge >= 0.3 is 5.97 Å². The molecule has 0 fully saturated rings. The van der Waals surface area contributed by atoms with E-state index in [2.05, 4.69) is 19.2 Å². The molecule has 2 atom stereocenters. The fourth-order valence-corrected chi connectivity index (χ4v) is 1.36. The number of hydrogen-bond donors (Lipinski definition) is 1. The molecule has 0 spiro atoms. The molecule has 0 amide bonds. The molecule has 0 aliphatic rings. The quantitative estimate of drug-likeness (QED) is 0.691. The zero-order valence-corrected chi connectivity index (χ0v) is 10.9. The number of hydrogen-bond acceptors (Lipinski definition) is 3. The Labute approximate surface area is 93.6 Å². The van der Waals surface area contributed by atoms with Crippen LogP contribution in [0.4, 0.5) is 0 Å². The van der Waals surface area contributed by atoms with Gasteiger partial charge in [-0.2, -0.15) is 0 Å². The summed E-state index contributed by atoms with van der Waals surface area (Å²) in [5.41, 5.74) is -0.578. The van der Waals surface area contributed by atoms with Crippen LogP contribution in [-0.2, 0) is 9.53 Å². The zero-order valence-electron chi connectivity index (χ0n) is 10.9. The summed E-state index contributed by atoms with van der Waals surface area (Å²) in [6, 6.07) is 0.321. The summed E-state index contributed by atoms with van der Waals surface area (Å²) in [4.78, 5) is 11.9. The lowest BCUT2D eigenvalue weighted by atomic mass is 9.87. The molecule has 0 aliphatic carbocycles. The summed E-state index contributed by atoms with van der Waals surface area (Å²) in [5.74, 6) is 0.0610. The van der Waals surface area contributed by atoms with Crippen LogP contribution in [0.5, 0.6) is 0 Å². The SMILES string of the molecule is CCOC(=O)C(C)(NC(C)CC)C(C)C. The van der Waals surface area contributed by atoms with Crippen LogP contribution in [0, 0.1) is 5.92 Å². The predicted octanol–water partition coefficient (Wildman–Crippen LogP) is 2.35. The highest BCUT2D eigenvalue weighted by Gasteiger charge is 2.38. The molecule has 0 saturated carbocycles. The standard InChI is InChI=1S/C12H25NO2/c1-7-10(5)13-12(6,9(3)4)11(14)15-8-2/h9-10,13H,7-8H2,1-6H3. The van der Waals surface area contributed by atoms with Gasteiger partial charge in [0.25, 0.3) is 0 Å². The fourth-order valence-electron chi connectivity index (χ4n) is 1.36. The maximum atomic E-state index is 11.9. The van der Waals surface area contributed by atoms with Gasteiger partial charge in [-0.3, -0.25) is 10.1 Å². The molecular formula is C12H25NO2. The van der Waals surface area contributed by atoms with Crippen LogP contribution in [0.2, 0.25) is 0 Å². The van der Waals surface area contributed by atoms with E-state index >= 15 is 0 Å². The van der Waals surface area contributed by atoms with Crippen LogP contribution < -0.4 is 5.32 Å². The molecule has 0 bridgehead atoms. The molecule has 15 heavy (non-hydrogen) atoms. The minimum atomic E-state index is -0.578. The van der Waals surface area contributed by atoms with Crippen molar-refractivity contribution in [3.8, 4) is 0 Å². The smallest absolute Gasteiger partial charge is 0.326 e. The second-order valence-electron chi connectivity index (χ2n) is 4.53. The molecule has 1 N–H and O–H groups in total. The summed E-state index contributed by atoms with van der Waals surface area (Å²) in [6.07, 6.45) is 1.00. The Morgan fingerprint density at radius 3 is 2.20 bits per heavy atom. The molecule has 3 nitrogen and oxygen atoms in total. The van der Waals surface area contributed by atoms with E-state index in [1.165, 1.54) is 0 Å². The number of carbonyl (C=O) groups is 1. The van der Waals surface area contributed by atoms with E-state index in [1.54, 1.807) is 0 Å². The predicted molar refractivity (Wildman–Crippen MR) is 62.8 cm³/mol. The minimum absolute atomic E-state index is 0.152. The lowest BCUT2D eigenvalue weighted by Gasteiger charge is -2.34. The second-order valence-corrected chi connectivity index (χ2v) is 4.53. The van der Waals surface area contributed by atoms with Gasteiger partial charge in [-0.1, -0.05) is 20.8 Å². The van der Waals surface area contributed by atoms with Crippen molar-refractivity contribution in [1.82, 2.24) is 5.32 Å². The van der Waals surface area contributed by atoms with Crippen LogP contribution in [0.25, 0.3) is 0 Å². The Morgan fingerprint density at radius 1 is 1.33 bits per heavy atom. The first-order valence-electron chi connectivity index (χ1n) is 5.83. The van der Waals surface area contributed by atoms with Gasteiger partial charge in [-0.15, -0.1) is 0 Å². The van der Waals surface area contributed by atoms with Gasteiger partial charge in [0, 0.05) is 6.04 Å². The van der Waals surface area contributed by atoms with Gasteiger partial charge in [-0.25, -0.2) is 0 Å². The second kappa shape index (κ2) is 6.11. The first-order valence-corrected chi connectivity index (χ1v) is 5.83. The normalized spacial score (nSPS) is 17.3. The van der Waals surface area contributed by atoms with Crippen molar-refractivity contribution in [2.45, 2.75) is 59.5 Å². The lowest BCUT2D eigenvalue weighted by Crippen LogP contribution is -2.57. The number of ether oxygens (including phenoxy) is 1. The molecule has 0 heterocycles. The van der Waals surface area contributed by atoms with Crippen LogP contribution in [0.15, 0.2) is 0 Å². The average Bonchev–Trinajstić information content (AvgIpc) is 2.17. The molecule has 0 aromatic carbocycles. The van der Waals surface area contributed by atoms with E-state index in [9.17, 15) is 4.79 Å². The lowest BCUT2D eigenvalue weighted by molar-refractivity contribution is -0.153. The summed E-state index contributed by atoms with van der Waals surface area (Å²) >= 11 is 0. The molecule has 0 saturated heterocycles. The first kappa shape index (κ1) is 14.4. The van der Waals surface area contributed by atoms with Crippen LogP contribution in [0.3, 0.4) is 0 Å². The Balaban J connectivity index is 4.65. The Kier molecular flexibility index (Phi) is 5.88. The van der Waals surface area contributed by atoms with Gasteiger partial charge < -0.3 is 4.74 Å². The Hall–Kier alpha value is -0.570. The maximum Gasteiger partial charge on any atom is 0.326 e. The average molecular weight is 215 g/mol. The largest absolute Gasteiger partial charge is 0.465 e. The molecule has 0 aromatic rings. The third-order valence-corrected chi connectivity index (χ3v) is 3.01. The van der Waals surface area contributed by atoms with Gasteiger partial charge in [0.1, 0.15) is 5.54 Å². The molecule has 90 valence electrons. The van der Waals surface area contributed by atoms with E-state index in [4.69, 9.17) is 4.74 Å². The molecule has 0 radical (unpaired) electrons. The van der Waals surface area contributed by atoms with E-state index in [-0.39, 0.29) is 11.9 Å². The maximum absolute atomic E-state index is 11.9. The molecule has 0 aromatic heterocycles. The number of carbonyl (C=O) groups excluding carboxylic acids is 1. The minimum Gasteiger partial charge on any atom is -0.465 e. The first-order chi connectivity index (χ1) is 6.88. The Morgan fingerprint density at radius 2 is 1.87 bits per heavy atom. The van der Waals surface area contributed by atoms with Gasteiger partial charge in [-0.05, 0) is 33.1 Å². The van der Waals surface area contributed by atoms with E-state index in [1.807, 2.05) is 27.7 Å². The van der Waals surface area contributed by atoms with Gasteiger partial charge in [0.2, 0.25) is 0 Å². The molecule has 0 aliphatic heterocycles. The summed E-state index contributed by atoms with van der Waals surface area (Å²) in [7, 11) is 0. The monoisotopic (exact) mass is 215 g/mol. The third-order valence-electron chi connectivity index (χ3n) is 3.01. The van der Waals surface area contributed by atoms with Gasteiger partial charge in [0.05, 0.1) is 6.61 Å². The highest BCUT2D eigenvalue weighted by molar-refractivity contribution is 5.80. The molecule has 3 heteroatoms. The number of esters is 1.